The summed E-state index contributed by atoms with van der Waals surface area (Å²) >= 11 is 0. The standard InChI is InChI=1S/C17H23N3O5/c1-24-11-17(23)20(13-5-6-13)10-16(22)18-9-15(21)19-12-3-7-14(25-2)8-4-12/h3-4,7-8,13H,5-6,9-11H2,1-2H3,(H,18,22)(H,19,21). The minimum atomic E-state index is -0.374. The molecule has 0 aliphatic heterocycles. The SMILES string of the molecule is COCC(=O)N(CC(=O)NCC(=O)Nc1ccc(OC)cc1)C1CC1. The molecule has 1 aromatic rings. The number of benzene rings is 1. The number of methoxy groups -OCH3 is 2. The first-order chi connectivity index (χ1) is 12.0. The number of hydrogen-bond acceptors (Lipinski definition) is 5. The van der Waals surface area contributed by atoms with Crippen LogP contribution in [0.2, 0.25) is 0 Å². The minimum Gasteiger partial charge on any atom is -0.497 e. The molecule has 8 heteroatoms. The van der Waals surface area contributed by atoms with E-state index in [2.05, 4.69) is 10.6 Å². The summed E-state index contributed by atoms with van der Waals surface area (Å²) in [6.45, 7) is -0.285. The molecule has 8 nitrogen and oxygen atoms in total. The molecule has 0 radical (unpaired) electrons. The number of ether oxygens (including phenoxy) is 2. The van der Waals surface area contributed by atoms with Gasteiger partial charge in [-0.2, -0.15) is 0 Å². The summed E-state index contributed by atoms with van der Waals surface area (Å²) in [6.07, 6.45) is 1.78. The van der Waals surface area contributed by atoms with Gasteiger partial charge in [0.05, 0.1) is 20.2 Å². The van der Waals surface area contributed by atoms with E-state index in [4.69, 9.17) is 9.47 Å². The predicted octanol–water partition coefficient (Wildman–Crippen LogP) is 0.387. The first-order valence-corrected chi connectivity index (χ1v) is 8.02. The highest BCUT2D eigenvalue weighted by atomic mass is 16.5. The molecule has 1 aliphatic carbocycles. The molecule has 1 aromatic carbocycles. The zero-order chi connectivity index (χ0) is 18.2. The fourth-order valence-electron chi connectivity index (χ4n) is 2.28. The van der Waals surface area contributed by atoms with Gasteiger partial charge in [-0.05, 0) is 37.1 Å². The number of carbonyl (C=O) groups is 3. The lowest BCUT2D eigenvalue weighted by Gasteiger charge is -2.21. The molecule has 0 bridgehead atoms. The predicted molar refractivity (Wildman–Crippen MR) is 91.2 cm³/mol. The van der Waals surface area contributed by atoms with Crippen LogP contribution in [0.25, 0.3) is 0 Å². The van der Waals surface area contributed by atoms with Gasteiger partial charge in [0.1, 0.15) is 12.4 Å². The van der Waals surface area contributed by atoms with Crippen molar-refractivity contribution in [2.24, 2.45) is 0 Å². The van der Waals surface area contributed by atoms with Crippen LogP contribution in [-0.4, -0.2) is 62.6 Å². The highest BCUT2D eigenvalue weighted by molar-refractivity contribution is 5.95. The van der Waals surface area contributed by atoms with E-state index in [1.54, 1.807) is 31.4 Å². The first kappa shape index (κ1) is 18.7. The van der Waals surface area contributed by atoms with Gasteiger partial charge in [0.25, 0.3) is 0 Å². The molecule has 0 saturated heterocycles. The first-order valence-electron chi connectivity index (χ1n) is 8.02. The van der Waals surface area contributed by atoms with Crippen LogP contribution in [0, 0.1) is 0 Å². The Labute approximate surface area is 146 Å². The molecule has 3 amide bonds. The van der Waals surface area contributed by atoms with E-state index in [1.165, 1.54) is 12.0 Å². The number of rotatable bonds is 9. The van der Waals surface area contributed by atoms with Crippen LogP contribution in [0.5, 0.6) is 5.75 Å². The summed E-state index contributed by atoms with van der Waals surface area (Å²) < 4.78 is 9.87. The second-order valence-electron chi connectivity index (χ2n) is 5.74. The van der Waals surface area contributed by atoms with Crippen LogP contribution in [0.1, 0.15) is 12.8 Å². The Morgan fingerprint density at radius 2 is 1.80 bits per heavy atom. The molecule has 0 atom stereocenters. The molecule has 2 N–H and O–H groups in total. The second-order valence-corrected chi connectivity index (χ2v) is 5.74. The number of amides is 3. The van der Waals surface area contributed by atoms with Gasteiger partial charge in [0.15, 0.2) is 0 Å². The van der Waals surface area contributed by atoms with Crippen molar-refractivity contribution >= 4 is 23.4 Å². The fourth-order valence-corrected chi connectivity index (χ4v) is 2.28. The van der Waals surface area contributed by atoms with Gasteiger partial charge in [-0.3, -0.25) is 14.4 Å². The van der Waals surface area contributed by atoms with Gasteiger partial charge in [-0.25, -0.2) is 0 Å². The van der Waals surface area contributed by atoms with Crippen LogP contribution in [0.4, 0.5) is 5.69 Å². The highest BCUT2D eigenvalue weighted by Crippen LogP contribution is 2.26. The fraction of sp³-hybridized carbons (Fsp3) is 0.471. The molecule has 0 spiro atoms. The molecule has 0 heterocycles. The van der Waals surface area contributed by atoms with Crippen molar-refractivity contribution in [3.05, 3.63) is 24.3 Å². The van der Waals surface area contributed by atoms with E-state index in [-0.39, 0.29) is 43.5 Å². The number of hydrogen-bond donors (Lipinski definition) is 2. The summed E-state index contributed by atoms with van der Waals surface area (Å²) in [4.78, 5) is 37.3. The Hall–Kier alpha value is -2.61. The zero-order valence-electron chi connectivity index (χ0n) is 14.4. The smallest absolute Gasteiger partial charge is 0.249 e. The van der Waals surface area contributed by atoms with Crippen LogP contribution >= 0.6 is 0 Å². The lowest BCUT2D eigenvalue weighted by molar-refractivity contribution is -0.139. The van der Waals surface area contributed by atoms with E-state index in [0.717, 1.165) is 12.8 Å². The van der Waals surface area contributed by atoms with Crippen LogP contribution < -0.4 is 15.4 Å². The monoisotopic (exact) mass is 349 g/mol. The molecule has 0 unspecified atom stereocenters. The average molecular weight is 349 g/mol. The van der Waals surface area contributed by atoms with Gasteiger partial charge < -0.3 is 25.0 Å². The lowest BCUT2D eigenvalue weighted by atomic mass is 10.3. The average Bonchev–Trinajstić information content (AvgIpc) is 3.43. The zero-order valence-corrected chi connectivity index (χ0v) is 14.4. The molecule has 1 fully saturated rings. The summed E-state index contributed by atoms with van der Waals surface area (Å²) in [5.74, 6) is -0.254. The number of nitrogens with one attached hydrogen (secondary N) is 2. The molecule has 25 heavy (non-hydrogen) atoms. The number of nitrogens with zero attached hydrogens (tertiary/aromatic N) is 1. The quantitative estimate of drug-likeness (QED) is 0.672. The van der Waals surface area contributed by atoms with Crippen molar-refractivity contribution in [3.63, 3.8) is 0 Å². The van der Waals surface area contributed by atoms with Crippen molar-refractivity contribution in [2.75, 3.05) is 39.2 Å². The Morgan fingerprint density at radius 3 is 2.36 bits per heavy atom. The second kappa shape index (κ2) is 9.03. The molecule has 0 aromatic heterocycles. The summed E-state index contributed by atoms with van der Waals surface area (Å²) in [7, 11) is 3.00. The maximum Gasteiger partial charge on any atom is 0.249 e. The topological polar surface area (TPSA) is 97.0 Å². The van der Waals surface area contributed by atoms with Crippen molar-refractivity contribution in [1.29, 1.82) is 0 Å². The minimum absolute atomic E-state index is 0.0538. The molecule has 1 aliphatic rings. The van der Waals surface area contributed by atoms with E-state index in [0.29, 0.717) is 11.4 Å². The largest absolute Gasteiger partial charge is 0.497 e. The normalized spacial score (nSPS) is 13.0. The summed E-state index contributed by atoms with van der Waals surface area (Å²) in [6, 6.07) is 6.96. The summed E-state index contributed by atoms with van der Waals surface area (Å²) in [5.41, 5.74) is 0.606. The number of anilines is 1. The third-order valence-corrected chi connectivity index (χ3v) is 3.71. The lowest BCUT2D eigenvalue weighted by Crippen LogP contribution is -2.45. The van der Waals surface area contributed by atoms with Gasteiger partial charge in [0, 0.05) is 18.8 Å². The van der Waals surface area contributed by atoms with Gasteiger partial charge >= 0.3 is 0 Å². The Balaban J connectivity index is 1.76. The molecular weight excluding hydrogens is 326 g/mol. The Bertz CT molecular complexity index is 613. The summed E-state index contributed by atoms with van der Waals surface area (Å²) in [5, 5.41) is 5.20. The van der Waals surface area contributed by atoms with Crippen LogP contribution in [-0.2, 0) is 19.1 Å². The van der Waals surface area contributed by atoms with E-state index >= 15 is 0 Å². The van der Waals surface area contributed by atoms with E-state index in [1.807, 2.05) is 0 Å². The molecule has 1 saturated carbocycles. The molecule has 136 valence electrons. The maximum absolute atomic E-state index is 12.0. The van der Waals surface area contributed by atoms with Crippen molar-refractivity contribution in [3.8, 4) is 5.75 Å². The third kappa shape index (κ3) is 6.07. The maximum atomic E-state index is 12.0. The number of carbonyl (C=O) groups excluding carboxylic acids is 3. The van der Waals surface area contributed by atoms with Gasteiger partial charge in [0.2, 0.25) is 17.7 Å². The van der Waals surface area contributed by atoms with Crippen molar-refractivity contribution in [1.82, 2.24) is 10.2 Å². The van der Waals surface area contributed by atoms with Crippen molar-refractivity contribution in [2.45, 2.75) is 18.9 Å². The highest BCUT2D eigenvalue weighted by Gasteiger charge is 2.33. The van der Waals surface area contributed by atoms with Crippen LogP contribution in [0.15, 0.2) is 24.3 Å². The van der Waals surface area contributed by atoms with E-state index in [9.17, 15) is 14.4 Å². The molecular formula is C17H23N3O5. The van der Waals surface area contributed by atoms with E-state index < -0.39 is 0 Å². The van der Waals surface area contributed by atoms with Gasteiger partial charge in [-0.15, -0.1) is 0 Å². The van der Waals surface area contributed by atoms with Gasteiger partial charge in [-0.1, -0.05) is 0 Å². The molecule has 2 rings (SSSR count). The Kier molecular flexibility index (Phi) is 6.76. The Morgan fingerprint density at radius 1 is 1.12 bits per heavy atom. The third-order valence-electron chi connectivity index (χ3n) is 3.71. The van der Waals surface area contributed by atoms with Crippen molar-refractivity contribution < 1.29 is 23.9 Å². The van der Waals surface area contributed by atoms with Crippen LogP contribution in [0.3, 0.4) is 0 Å².